The van der Waals surface area contributed by atoms with Gasteiger partial charge >= 0.3 is 0 Å². The molecule has 0 saturated heterocycles. The molecule has 7 heteroatoms. The predicted molar refractivity (Wildman–Crippen MR) is 89.9 cm³/mol. The Balaban J connectivity index is 1.80. The van der Waals surface area contributed by atoms with Gasteiger partial charge in [-0.05, 0) is 50.1 Å². The minimum Gasteiger partial charge on any atom is -0.345 e. The maximum absolute atomic E-state index is 12.4. The fourth-order valence-corrected chi connectivity index (χ4v) is 2.67. The van der Waals surface area contributed by atoms with Gasteiger partial charge in [0.1, 0.15) is 0 Å². The summed E-state index contributed by atoms with van der Waals surface area (Å²) in [4.78, 5) is 12.4. The molecule has 3 aromatic rings. The maximum atomic E-state index is 12.4. The summed E-state index contributed by atoms with van der Waals surface area (Å²) in [7, 11) is 1.84. The van der Waals surface area contributed by atoms with Crippen LogP contribution in [-0.4, -0.2) is 30.7 Å². The van der Waals surface area contributed by atoms with E-state index in [-0.39, 0.29) is 5.91 Å². The normalized spacial score (nSPS) is 10.8. The van der Waals surface area contributed by atoms with E-state index in [1.165, 1.54) is 0 Å². The number of nitrogens with zero attached hydrogens (tertiary/aromatic N) is 5. The highest BCUT2D eigenvalue weighted by atomic mass is 16.2. The quantitative estimate of drug-likeness (QED) is 0.794. The van der Waals surface area contributed by atoms with Gasteiger partial charge in [-0.1, -0.05) is 11.3 Å². The second-order valence-corrected chi connectivity index (χ2v) is 5.94. The van der Waals surface area contributed by atoms with Gasteiger partial charge in [-0.15, -0.1) is 5.10 Å². The number of aromatic nitrogens is 5. The lowest BCUT2D eigenvalue weighted by Gasteiger charge is -2.07. The van der Waals surface area contributed by atoms with E-state index in [9.17, 15) is 4.79 Å². The van der Waals surface area contributed by atoms with Crippen LogP contribution in [0.2, 0.25) is 0 Å². The average molecular weight is 324 g/mol. The molecule has 0 atom stereocenters. The second-order valence-electron chi connectivity index (χ2n) is 5.94. The number of nitrogens with one attached hydrogen (secondary N) is 1. The summed E-state index contributed by atoms with van der Waals surface area (Å²) >= 11 is 0. The first kappa shape index (κ1) is 15.9. The van der Waals surface area contributed by atoms with E-state index < -0.39 is 0 Å². The lowest BCUT2D eigenvalue weighted by atomic mass is 10.1. The molecule has 0 aliphatic rings. The summed E-state index contributed by atoms with van der Waals surface area (Å²) in [6.07, 6.45) is 1.84. The summed E-state index contributed by atoms with van der Waals surface area (Å²) in [6, 6.07) is 7.99. The lowest BCUT2D eigenvalue weighted by molar-refractivity contribution is 0.0944. The van der Waals surface area contributed by atoms with E-state index in [1.54, 1.807) is 9.36 Å². The van der Waals surface area contributed by atoms with Gasteiger partial charge in [0, 0.05) is 13.2 Å². The van der Waals surface area contributed by atoms with Crippen LogP contribution in [0.3, 0.4) is 0 Å². The second kappa shape index (κ2) is 6.27. The van der Waals surface area contributed by atoms with Crippen LogP contribution in [-0.2, 0) is 13.6 Å². The van der Waals surface area contributed by atoms with Crippen LogP contribution in [0.5, 0.6) is 0 Å². The first-order valence-corrected chi connectivity index (χ1v) is 7.72. The van der Waals surface area contributed by atoms with Crippen molar-refractivity contribution in [2.24, 2.45) is 7.05 Å². The summed E-state index contributed by atoms with van der Waals surface area (Å²) in [5, 5.41) is 15.2. The molecule has 2 aromatic heterocycles. The highest BCUT2D eigenvalue weighted by Gasteiger charge is 2.17. The molecule has 0 saturated carbocycles. The smallest absolute Gasteiger partial charge is 0.274 e. The van der Waals surface area contributed by atoms with Crippen LogP contribution in [0.15, 0.2) is 30.5 Å². The van der Waals surface area contributed by atoms with Gasteiger partial charge in [-0.3, -0.25) is 9.48 Å². The topological polar surface area (TPSA) is 77.6 Å². The third-order valence-electron chi connectivity index (χ3n) is 3.76. The molecule has 1 N–H and O–H groups in total. The van der Waals surface area contributed by atoms with Crippen molar-refractivity contribution in [1.82, 2.24) is 30.1 Å². The molecule has 0 aliphatic heterocycles. The van der Waals surface area contributed by atoms with Crippen molar-refractivity contribution in [2.75, 3.05) is 0 Å². The molecular weight excluding hydrogens is 304 g/mol. The molecule has 24 heavy (non-hydrogen) atoms. The first-order valence-electron chi connectivity index (χ1n) is 7.72. The predicted octanol–water partition coefficient (Wildman–Crippen LogP) is 1.86. The Morgan fingerprint density at radius 2 is 1.88 bits per heavy atom. The van der Waals surface area contributed by atoms with Crippen LogP contribution in [0.25, 0.3) is 5.69 Å². The van der Waals surface area contributed by atoms with Gasteiger partial charge in [0.15, 0.2) is 5.69 Å². The number of hydrogen-bond acceptors (Lipinski definition) is 4. The van der Waals surface area contributed by atoms with E-state index in [1.807, 2.05) is 52.2 Å². The number of amides is 1. The van der Waals surface area contributed by atoms with Gasteiger partial charge in [-0.25, -0.2) is 4.68 Å². The van der Waals surface area contributed by atoms with Crippen molar-refractivity contribution in [2.45, 2.75) is 27.3 Å². The number of rotatable bonds is 4. The third-order valence-corrected chi connectivity index (χ3v) is 3.76. The van der Waals surface area contributed by atoms with E-state index in [0.29, 0.717) is 17.9 Å². The summed E-state index contributed by atoms with van der Waals surface area (Å²) in [5.74, 6) is -0.256. The highest BCUT2D eigenvalue weighted by Crippen LogP contribution is 2.16. The molecule has 0 unspecified atom stereocenters. The van der Waals surface area contributed by atoms with Gasteiger partial charge < -0.3 is 5.32 Å². The molecule has 2 heterocycles. The number of benzene rings is 1. The number of aryl methyl sites for hydroxylation is 3. The lowest BCUT2D eigenvalue weighted by Crippen LogP contribution is -2.24. The molecule has 124 valence electrons. The fraction of sp³-hybridized carbons (Fsp3) is 0.294. The van der Waals surface area contributed by atoms with Crippen molar-refractivity contribution in [3.63, 3.8) is 0 Å². The van der Waals surface area contributed by atoms with Crippen molar-refractivity contribution in [3.8, 4) is 5.69 Å². The highest BCUT2D eigenvalue weighted by molar-refractivity contribution is 5.93. The van der Waals surface area contributed by atoms with E-state index in [4.69, 9.17) is 0 Å². The molecule has 1 aromatic carbocycles. The van der Waals surface area contributed by atoms with Crippen LogP contribution in [0.4, 0.5) is 0 Å². The first-order chi connectivity index (χ1) is 11.4. The van der Waals surface area contributed by atoms with Crippen molar-refractivity contribution < 1.29 is 4.79 Å². The molecule has 0 spiro atoms. The van der Waals surface area contributed by atoms with E-state index in [0.717, 1.165) is 22.5 Å². The Bertz CT molecular complexity index is 872. The SMILES string of the molecule is Cc1cc(C)cc(-n2nnc(C(=O)NCc3ccn(C)n3)c2C)c1. The van der Waals surface area contributed by atoms with Gasteiger partial charge in [0.2, 0.25) is 0 Å². The maximum Gasteiger partial charge on any atom is 0.274 e. The monoisotopic (exact) mass is 324 g/mol. The fourth-order valence-electron chi connectivity index (χ4n) is 2.67. The number of hydrogen-bond donors (Lipinski definition) is 1. The molecular formula is C17H20N6O. The van der Waals surface area contributed by atoms with Crippen molar-refractivity contribution in [1.29, 1.82) is 0 Å². The average Bonchev–Trinajstić information content (AvgIpc) is 3.10. The molecule has 0 radical (unpaired) electrons. The molecule has 3 rings (SSSR count). The zero-order chi connectivity index (χ0) is 17.3. The minimum absolute atomic E-state index is 0.256. The Morgan fingerprint density at radius 3 is 2.50 bits per heavy atom. The van der Waals surface area contributed by atoms with E-state index in [2.05, 4.69) is 26.8 Å². The van der Waals surface area contributed by atoms with Crippen molar-refractivity contribution >= 4 is 5.91 Å². The molecule has 0 fully saturated rings. The van der Waals surface area contributed by atoms with Crippen molar-refractivity contribution in [3.05, 3.63) is 58.7 Å². The Kier molecular flexibility index (Phi) is 4.16. The van der Waals surface area contributed by atoms with Crippen LogP contribution >= 0.6 is 0 Å². The standard InChI is InChI=1S/C17H20N6O/c1-11-7-12(2)9-15(8-11)23-13(3)16(19-21-23)17(24)18-10-14-5-6-22(4)20-14/h5-9H,10H2,1-4H3,(H,18,24). The Labute approximate surface area is 140 Å². The number of carbonyl (C=O) groups is 1. The van der Waals surface area contributed by atoms with E-state index >= 15 is 0 Å². The Morgan fingerprint density at radius 1 is 1.17 bits per heavy atom. The zero-order valence-electron chi connectivity index (χ0n) is 14.2. The van der Waals surface area contributed by atoms with Gasteiger partial charge in [0.05, 0.1) is 23.6 Å². The molecule has 0 bridgehead atoms. The molecule has 1 amide bonds. The van der Waals surface area contributed by atoms with Gasteiger partial charge in [0.25, 0.3) is 5.91 Å². The van der Waals surface area contributed by atoms with Gasteiger partial charge in [-0.2, -0.15) is 5.10 Å². The van der Waals surface area contributed by atoms with Crippen LogP contribution < -0.4 is 5.32 Å². The zero-order valence-corrected chi connectivity index (χ0v) is 14.2. The minimum atomic E-state index is -0.256. The molecule has 0 aliphatic carbocycles. The third kappa shape index (κ3) is 3.19. The van der Waals surface area contributed by atoms with Crippen LogP contribution in [0, 0.1) is 20.8 Å². The largest absolute Gasteiger partial charge is 0.345 e. The number of carbonyl (C=O) groups excluding carboxylic acids is 1. The summed E-state index contributed by atoms with van der Waals surface area (Å²) < 4.78 is 3.39. The Hall–Kier alpha value is -2.96. The summed E-state index contributed by atoms with van der Waals surface area (Å²) in [6.45, 7) is 6.26. The summed E-state index contributed by atoms with van der Waals surface area (Å²) in [5.41, 5.74) is 5.01. The van der Waals surface area contributed by atoms with Crippen LogP contribution in [0.1, 0.15) is 33.0 Å². The molecule has 7 nitrogen and oxygen atoms in total.